The fraction of sp³-hybridized carbons (Fsp3) is 0.440. The van der Waals surface area contributed by atoms with Gasteiger partial charge < -0.3 is 29.7 Å². The second kappa shape index (κ2) is 11.2. The second-order valence-corrected chi connectivity index (χ2v) is 9.29. The monoisotopic (exact) mass is 522 g/mol. The van der Waals surface area contributed by atoms with Gasteiger partial charge in [0.15, 0.2) is 5.75 Å². The van der Waals surface area contributed by atoms with Crippen LogP contribution in [-0.2, 0) is 11.3 Å². The van der Waals surface area contributed by atoms with Crippen molar-refractivity contribution in [1.82, 2.24) is 10.6 Å². The van der Waals surface area contributed by atoms with Gasteiger partial charge in [-0.15, -0.1) is 13.2 Å². The Bertz CT molecular complexity index is 1090. The van der Waals surface area contributed by atoms with Crippen LogP contribution in [0, 0.1) is 16.0 Å². The Balaban J connectivity index is 1.24. The minimum atomic E-state index is -4.71. The number of anilines is 1. The summed E-state index contributed by atoms with van der Waals surface area (Å²) in [5.74, 6) is 0.270. The van der Waals surface area contributed by atoms with Crippen LogP contribution in [0.25, 0.3) is 0 Å². The van der Waals surface area contributed by atoms with Gasteiger partial charge in [-0.25, -0.2) is 0 Å². The van der Waals surface area contributed by atoms with E-state index in [2.05, 4.69) is 20.3 Å². The van der Waals surface area contributed by atoms with Crippen molar-refractivity contribution in [2.75, 3.05) is 31.2 Å². The Labute approximate surface area is 212 Å². The summed E-state index contributed by atoms with van der Waals surface area (Å²) >= 11 is 0. The number of rotatable bonds is 10. The molecule has 0 aromatic heterocycles. The maximum absolute atomic E-state index is 12.3. The number of nitrogens with zero attached hydrogens (tertiary/aromatic N) is 2. The third-order valence-corrected chi connectivity index (χ3v) is 6.30. The number of halogens is 3. The Morgan fingerprint density at radius 3 is 2.41 bits per heavy atom. The highest BCUT2D eigenvalue weighted by molar-refractivity contribution is 5.60. The molecular formula is C25H29F3N4O5. The summed E-state index contributed by atoms with van der Waals surface area (Å²) in [6.45, 7) is 4.37. The Hall–Kier alpha value is -3.67. The van der Waals surface area contributed by atoms with E-state index in [1.165, 1.54) is 12.1 Å². The predicted molar refractivity (Wildman–Crippen MR) is 130 cm³/mol. The van der Waals surface area contributed by atoms with Crippen LogP contribution in [-0.4, -0.2) is 43.3 Å². The van der Waals surface area contributed by atoms with Gasteiger partial charge in [0.1, 0.15) is 18.0 Å². The number of benzene rings is 2. The quantitative estimate of drug-likeness (QED) is 0.343. The topological polar surface area (TPSA) is 98.1 Å². The average Bonchev–Trinajstić information content (AvgIpc) is 3.30. The average molecular weight is 523 g/mol. The van der Waals surface area contributed by atoms with Gasteiger partial charge in [0, 0.05) is 43.9 Å². The molecule has 0 radical (unpaired) electrons. The largest absolute Gasteiger partial charge is 0.573 e. The van der Waals surface area contributed by atoms with E-state index in [0.717, 1.165) is 37.2 Å². The smallest absolute Gasteiger partial charge is 0.482 e. The zero-order valence-corrected chi connectivity index (χ0v) is 20.3. The lowest BCUT2D eigenvalue weighted by molar-refractivity contribution is -0.385. The number of alkyl halides is 3. The molecule has 1 fully saturated rings. The van der Waals surface area contributed by atoms with Crippen LogP contribution in [0.2, 0.25) is 0 Å². The van der Waals surface area contributed by atoms with Crippen LogP contribution in [0.15, 0.2) is 54.9 Å². The number of nitro groups is 1. The Morgan fingerprint density at radius 2 is 1.78 bits per heavy atom. The van der Waals surface area contributed by atoms with E-state index in [1.54, 1.807) is 36.7 Å². The lowest BCUT2D eigenvalue weighted by Crippen LogP contribution is -2.50. The van der Waals surface area contributed by atoms with Crippen LogP contribution >= 0.6 is 0 Å². The summed E-state index contributed by atoms with van der Waals surface area (Å²) in [4.78, 5) is 13.4. The zero-order valence-electron chi connectivity index (χ0n) is 20.3. The maximum atomic E-state index is 12.3. The van der Waals surface area contributed by atoms with Crippen LogP contribution in [0.1, 0.15) is 25.3 Å². The molecule has 2 aromatic rings. The molecule has 2 aromatic carbocycles. The van der Waals surface area contributed by atoms with Gasteiger partial charge in [-0.2, -0.15) is 0 Å². The molecule has 37 heavy (non-hydrogen) atoms. The maximum Gasteiger partial charge on any atom is 0.573 e. The molecule has 2 aliphatic rings. The molecule has 200 valence electrons. The molecule has 2 heterocycles. The minimum absolute atomic E-state index is 0.0795. The van der Waals surface area contributed by atoms with E-state index in [1.807, 2.05) is 13.0 Å². The molecular weight excluding hydrogens is 493 g/mol. The number of nitro benzene ring substituents is 1. The van der Waals surface area contributed by atoms with Crippen molar-refractivity contribution in [2.45, 2.75) is 38.4 Å². The van der Waals surface area contributed by atoms with Gasteiger partial charge in [0.25, 0.3) is 0 Å². The first-order valence-corrected chi connectivity index (χ1v) is 11.9. The molecule has 2 aliphatic heterocycles. The van der Waals surface area contributed by atoms with Crippen molar-refractivity contribution in [1.29, 1.82) is 0 Å². The first-order valence-electron chi connectivity index (χ1n) is 11.9. The Kier molecular flexibility index (Phi) is 7.96. The van der Waals surface area contributed by atoms with E-state index in [0.29, 0.717) is 19.1 Å². The number of nitrogens with one attached hydrogen (secondary N) is 2. The summed E-state index contributed by atoms with van der Waals surface area (Å²) in [6.07, 6.45) is 0.502. The van der Waals surface area contributed by atoms with Crippen molar-refractivity contribution in [3.8, 4) is 11.5 Å². The van der Waals surface area contributed by atoms with Crippen LogP contribution in [0.4, 0.5) is 24.5 Å². The molecule has 12 heteroatoms. The number of hydrogen-bond acceptors (Lipinski definition) is 8. The first-order chi connectivity index (χ1) is 17.6. The van der Waals surface area contributed by atoms with Crippen molar-refractivity contribution < 1.29 is 32.3 Å². The van der Waals surface area contributed by atoms with Crippen LogP contribution in [0.3, 0.4) is 0 Å². The lowest BCUT2D eigenvalue weighted by atomic mass is 9.97. The fourth-order valence-corrected chi connectivity index (χ4v) is 4.25. The summed E-state index contributed by atoms with van der Waals surface area (Å²) in [5.41, 5.74) is 0.918. The van der Waals surface area contributed by atoms with E-state index in [-0.39, 0.29) is 23.8 Å². The molecule has 0 spiro atoms. The van der Waals surface area contributed by atoms with E-state index >= 15 is 0 Å². The highest BCUT2D eigenvalue weighted by atomic mass is 19.4. The molecule has 0 unspecified atom stereocenters. The first kappa shape index (κ1) is 26.4. The SMILES string of the molecule is CC1(COc2ccc(N3CCC(COCc4ccc(OC(F)(F)F)cc4)CC3)cc2[N+](=O)[O-])NC=CN1. The third-order valence-electron chi connectivity index (χ3n) is 6.30. The standard InChI is InChI=1S/C25H29F3N4O5/c1-24(29-10-11-30-24)17-36-23-7-4-20(14-22(23)32(33)34)31-12-8-19(9-13-31)16-35-15-18-2-5-21(6-3-18)37-25(26,27)28/h2-7,10-11,14,19,29-30H,8-9,12-13,15-17H2,1H3. The molecule has 0 amide bonds. The molecule has 9 nitrogen and oxygen atoms in total. The molecule has 4 rings (SSSR count). The van der Waals surface area contributed by atoms with Gasteiger partial charge in [0.05, 0.1) is 11.5 Å². The summed E-state index contributed by atoms with van der Waals surface area (Å²) < 4.78 is 52.2. The molecule has 0 saturated carbocycles. The summed E-state index contributed by atoms with van der Waals surface area (Å²) in [7, 11) is 0. The second-order valence-electron chi connectivity index (χ2n) is 9.29. The highest BCUT2D eigenvalue weighted by Crippen LogP contribution is 2.34. The van der Waals surface area contributed by atoms with Crippen molar-refractivity contribution in [3.63, 3.8) is 0 Å². The summed E-state index contributed by atoms with van der Waals surface area (Å²) in [5, 5.41) is 17.9. The van der Waals surface area contributed by atoms with Crippen molar-refractivity contribution in [2.24, 2.45) is 5.92 Å². The molecule has 1 saturated heterocycles. The molecule has 0 atom stereocenters. The van der Waals surface area contributed by atoms with Gasteiger partial charge in [0.2, 0.25) is 0 Å². The van der Waals surface area contributed by atoms with Gasteiger partial charge >= 0.3 is 12.0 Å². The number of ether oxygens (including phenoxy) is 3. The fourth-order valence-electron chi connectivity index (χ4n) is 4.25. The van der Waals surface area contributed by atoms with Gasteiger partial charge in [-0.1, -0.05) is 12.1 Å². The third kappa shape index (κ3) is 7.42. The highest BCUT2D eigenvalue weighted by Gasteiger charge is 2.31. The predicted octanol–water partition coefficient (Wildman–Crippen LogP) is 4.69. The molecule has 0 bridgehead atoms. The normalized spacial score (nSPS) is 17.2. The number of hydrogen-bond donors (Lipinski definition) is 2. The Morgan fingerprint density at radius 1 is 1.11 bits per heavy atom. The van der Waals surface area contributed by atoms with Gasteiger partial charge in [-0.3, -0.25) is 10.1 Å². The minimum Gasteiger partial charge on any atom is -0.482 e. The van der Waals surface area contributed by atoms with Crippen LogP contribution < -0.4 is 25.0 Å². The van der Waals surface area contributed by atoms with Crippen molar-refractivity contribution in [3.05, 3.63) is 70.5 Å². The van der Waals surface area contributed by atoms with E-state index in [9.17, 15) is 23.3 Å². The zero-order chi connectivity index (χ0) is 26.5. The van der Waals surface area contributed by atoms with Crippen LogP contribution in [0.5, 0.6) is 11.5 Å². The van der Waals surface area contributed by atoms with Crippen molar-refractivity contribution >= 4 is 11.4 Å². The number of piperidine rings is 1. The molecule has 0 aliphatic carbocycles. The molecule has 2 N–H and O–H groups in total. The lowest BCUT2D eigenvalue weighted by Gasteiger charge is -2.33. The van der Waals surface area contributed by atoms with Gasteiger partial charge in [-0.05, 0) is 55.5 Å². The van der Waals surface area contributed by atoms with E-state index < -0.39 is 16.9 Å². The van der Waals surface area contributed by atoms with E-state index in [4.69, 9.17) is 9.47 Å². The summed E-state index contributed by atoms with van der Waals surface area (Å²) in [6, 6.07) is 10.6.